The van der Waals surface area contributed by atoms with E-state index >= 15 is 0 Å². The number of carbonyl (C=O) groups excluding carboxylic acids is 1. The van der Waals surface area contributed by atoms with Crippen molar-refractivity contribution in [2.75, 3.05) is 9.44 Å². The van der Waals surface area contributed by atoms with Crippen molar-refractivity contribution in [1.82, 2.24) is 0 Å². The number of ketones is 1. The van der Waals surface area contributed by atoms with Gasteiger partial charge in [0.1, 0.15) is 0 Å². The van der Waals surface area contributed by atoms with Crippen molar-refractivity contribution in [2.24, 2.45) is 0 Å². The number of nitrogens with one attached hydrogen (secondary N) is 2. The van der Waals surface area contributed by atoms with Gasteiger partial charge in [-0.3, -0.25) is 14.2 Å². The third-order valence-corrected chi connectivity index (χ3v) is 6.81. The molecule has 0 fully saturated rings. The number of Topliss-reactive ketones (excluding diaryl/α,β-unsaturated/α-hetero) is 1. The van der Waals surface area contributed by atoms with Gasteiger partial charge in [0.15, 0.2) is 5.78 Å². The van der Waals surface area contributed by atoms with Gasteiger partial charge in [0.25, 0.3) is 20.0 Å². The summed E-state index contributed by atoms with van der Waals surface area (Å²) >= 11 is 0. The molecule has 3 aromatic rings. The highest BCUT2D eigenvalue weighted by molar-refractivity contribution is 7.93. The van der Waals surface area contributed by atoms with Crippen LogP contribution in [0.4, 0.5) is 11.4 Å². The van der Waals surface area contributed by atoms with Gasteiger partial charge in [0, 0.05) is 16.9 Å². The molecule has 0 aromatic heterocycles. The van der Waals surface area contributed by atoms with Gasteiger partial charge in [-0.2, -0.15) is 0 Å². The molecule has 7 nitrogen and oxygen atoms in total. The van der Waals surface area contributed by atoms with Gasteiger partial charge in [-0.15, -0.1) is 0 Å². The predicted molar refractivity (Wildman–Crippen MR) is 111 cm³/mol. The van der Waals surface area contributed by atoms with Crippen LogP contribution in [0.5, 0.6) is 0 Å². The molecule has 3 rings (SSSR count). The third-order valence-electron chi connectivity index (χ3n) is 4.01. The van der Waals surface area contributed by atoms with Gasteiger partial charge in [-0.05, 0) is 55.5 Å². The summed E-state index contributed by atoms with van der Waals surface area (Å²) in [5, 5.41) is 0. The second kappa shape index (κ2) is 8.06. The second-order valence-electron chi connectivity index (χ2n) is 6.18. The lowest BCUT2D eigenvalue weighted by molar-refractivity contribution is 0.101. The van der Waals surface area contributed by atoms with Gasteiger partial charge in [0.2, 0.25) is 0 Å². The molecular weight excluding hydrogens is 412 g/mol. The largest absolute Gasteiger partial charge is 0.295 e. The highest BCUT2D eigenvalue weighted by Gasteiger charge is 2.17. The Labute approximate surface area is 169 Å². The molecule has 150 valence electrons. The summed E-state index contributed by atoms with van der Waals surface area (Å²) in [6.07, 6.45) is 0. The number of sulfonamides is 2. The Morgan fingerprint density at radius 1 is 0.621 bits per heavy atom. The third kappa shape index (κ3) is 5.01. The van der Waals surface area contributed by atoms with Gasteiger partial charge in [0.05, 0.1) is 9.79 Å². The first-order valence-electron chi connectivity index (χ1n) is 8.49. The molecule has 0 aliphatic rings. The van der Waals surface area contributed by atoms with Crippen LogP contribution in [-0.2, 0) is 20.0 Å². The maximum absolute atomic E-state index is 12.5. The van der Waals surface area contributed by atoms with Crippen molar-refractivity contribution in [1.29, 1.82) is 0 Å². The minimum atomic E-state index is -3.88. The first-order valence-corrected chi connectivity index (χ1v) is 11.5. The number of hydrogen-bond donors (Lipinski definition) is 2. The van der Waals surface area contributed by atoms with Crippen LogP contribution in [-0.4, -0.2) is 22.6 Å². The van der Waals surface area contributed by atoms with Crippen LogP contribution < -0.4 is 9.44 Å². The normalized spacial score (nSPS) is 11.6. The molecule has 9 heteroatoms. The molecule has 0 spiro atoms. The summed E-state index contributed by atoms with van der Waals surface area (Å²) < 4.78 is 54.6. The first kappa shape index (κ1) is 20.6. The average Bonchev–Trinajstić information content (AvgIpc) is 2.68. The fraction of sp³-hybridized carbons (Fsp3) is 0.0500. The molecule has 3 aromatic carbocycles. The quantitative estimate of drug-likeness (QED) is 0.558. The van der Waals surface area contributed by atoms with E-state index in [2.05, 4.69) is 9.44 Å². The number of para-hydroxylation sites is 1. The molecule has 0 saturated heterocycles. The van der Waals surface area contributed by atoms with Crippen molar-refractivity contribution in [3.05, 3.63) is 84.4 Å². The van der Waals surface area contributed by atoms with Crippen molar-refractivity contribution < 1.29 is 21.6 Å². The summed E-state index contributed by atoms with van der Waals surface area (Å²) in [4.78, 5) is 11.3. The van der Waals surface area contributed by atoms with Crippen LogP contribution in [0.25, 0.3) is 0 Å². The Hall–Kier alpha value is -3.17. The van der Waals surface area contributed by atoms with E-state index in [1.165, 1.54) is 55.5 Å². The molecule has 2 N–H and O–H groups in total. The predicted octanol–water partition coefficient (Wildman–Crippen LogP) is 3.49. The van der Waals surface area contributed by atoms with Crippen LogP contribution in [0, 0.1) is 0 Å². The summed E-state index contributed by atoms with van der Waals surface area (Å²) in [6.45, 7) is 1.39. The Kier molecular flexibility index (Phi) is 5.71. The van der Waals surface area contributed by atoms with E-state index in [0.29, 0.717) is 11.3 Å². The maximum atomic E-state index is 12.5. The zero-order chi connectivity index (χ0) is 21.1. The van der Waals surface area contributed by atoms with Crippen LogP contribution in [0.2, 0.25) is 0 Å². The topological polar surface area (TPSA) is 109 Å². The van der Waals surface area contributed by atoms with E-state index in [-0.39, 0.29) is 21.3 Å². The van der Waals surface area contributed by atoms with E-state index in [1.807, 2.05) is 0 Å². The summed E-state index contributed by atoms with van der Waals surface area (Å²) in [5.41, 5.74) is 1.04. The molecule has 29 heavy (non-hydrogen) atoms. The van der Waals surface area contributed by atoms with E-state index in [0.717, 1.165) is 0 Å². The smallest absolute Gasteiger partial charge is 0.261 e. The van der Waals surface area contributed by atoms with Crippen LogP contribution in [0.3, 0.4) is 0 Å². The molecule has 0 aliphatic carbocycles. The minimum Gasteiger partial charge on any atom is -0.295 e. The summed E-state index contributed by atoms with van der Waals surface area (Å²) in [6, 6.07) is 19.3. The number of anilines is 2. The number of benzene rings is 3. The van der Waals surface area contributed by atoms with Crippen LogP contribution in [0.15, 0.2) is 88.7 Å². The van der Waals surface area contributed by atoms with Gasteiger partial charge in [-0.1, -0.05) is 30.3 Å². The number of carbonyl (C=O) groups is 1. The van der Waals surface area contributed by atoms with Crippen molar-refractivity contribution in [2.45, 2.75) is 16.7 Å². The van der Waals surface area contributed by atoms with E-state index < -0.39 is 20.0 Å². The van der Waals surface area contributed by atoms with Crippen molar-refractivity contribution in [3.8, 4) is 0 Å². The monoisotopic (exact) mass is 430 g/mol. The first-order chi connectivity index (χ1) is 13.7. The maximum Gasteiger partial charge on any atom is 0.261 e. The van der Waals surface area contributed by atoms with E-state index in [9.17, 15) is 21.6 Å². The molecule has 0 unspecified atom stereocenters. The molecule has 0 saturated carbocycles. The van der Waals surface area contributed by atoms with Gasteiger partial charge in [-0.25, -0.2) is 16.8 Å². The van der Waals surface area contributed by atoms with Gasteiger partial charge < -0.3 is 0 Å². The fourth-order valence-corrected chi connectivity index (χ4v) is 4.62. The van der Waals surface area contributed by atoms with Crippen LogP contribution >= 0.6 is 0 Å². The number of hydrogen-bond acceptors (Lipinski definition) is 5. The molecular formula is C20H18N2O5S2. The lowest BCUT2D eigenvalue weighted by Gasteiger charge is -2.11. The average molecular weight is 431 g/mol. The summed E-state index contributed by atoms with van der Waals surface area (Å²) in [5.74, 6) is -0.164. The van der Waals surface area contributed by atoms with Gasteiger partial charge >= 0.3 is 0 Å². The van der Waals surface area contributed by atoms with Crippen molar-refractivity contribution in [3.63, 3.8) is 0 Å². The second-order valence-corrected chi connectivity index (χ2v) is 9.55. The fourth-order valence-electron chi connectivity index (χ4n) is 2.51. The zero-order valence-corrected chi connectivity index (χ0v) is 17.0. The molecule has 0 heterocycles. The Bertz CT molecular complexity index is 1220. The molecule has 0 radical (unpaired) electrons. The lowest BCUT2D eigenvalue weighted by atomic mass is 10.2. The van der Waals surface area contributed by atoms with E-state index in [4.69, 9.17) is 0 Å². The Morgan fingerprint density at radius 2 is 1.03 bits per heavy atom. The Morgan fingerprint density at radius 3 is 1.48 bits per heavy atom. The zero-order valence-electron chi connectivity index (χ0n) is 15.4. The molecule has 0 amide bonds. The molecule has 0 bridgehead atoms. The highest BCUT2D eigenvalue weighted by Crippen LogP contribution is 2.21. The minimum absolute atomic E-state index is 0.00453. The van der Waals surface area contributed by atoms with Crippen LogP contribution in [0.1, 0.15) is 17.3 Å². The highest BCUT2D eigenvalue weighted by atomic mass is 32.2. The Balaban J connectivity index is 1.76. The lowest BCUT2D eigenvalue weighted by Crippen LogP contribution is -2.14. The van der Waals surface area contributed by atoms with E-state index in [1.54, 1.807) is 30.3 Å². The summed E-state index contributed by atoms with van der Waals surface area (Å²) in [7, 11) is -7.68. The number of rotatable bonds is 7. The molecule has 0 aliphatic heterocycles. The SMILES string of the molecule is CC(=O)c1ccc(S(=O)(=O)Nc2ccc(S(=O)(=O)Nc3ccccc3)cc2)cc1. The van der Waals surface area contributed by atoms with Crippen molar-refractivity contribution >= 4 is 37.2 Å². The standard InChI is InChI=1S/C20H18N2O5S2/c1-15(23)16-7-11-19(12-8-16)28(24,25)22-18-9-13-20(14-10-18)29(26,27)21-17-5-3-2-4-6-17/h2-14,21-22H,1H3. The molecule has 0 atom stereocenters.